The average Bonchev–Trinajstić information content (AvgIpc) is 3.03. The lowest BCUT2D eigenvalue weighted by molar-refractivity contribution is -0.125. The number of benzene rings is 2. The number of carbonyl (C=O) groups is 1. The van der Waals surface area contributed by atoms with Gasteiger partial charge in [0.25, 0.3) is 0 Å². The summed E-state index contributed by atoms with van der Waals surface area (Å²) in [6, 6.07) is 15.7. The molecule has 5 heteroatoms. The van der Waals surface area contributed by atoms with E-state index in [0.29, 0.717) is 6.54 Å². The molecule has 1 atom stereocenters. The Hall–Kier alpha value is -2.33. The Balaban J connectivity index is 1.94. The summed E-state index contributed by atoms with van der Waals surface area (Å²) in [5.74, 6) is 1.00. The number of hydrogen-bond acceptors (Lipinski definition) is 2. The summed E-state index contributed by atoms with van der Waals surface area (Å²) in [6.45, 7) is 6.78. The standard InChI is InChI=1S/C22H26ClN3O/c1-4-17(5-2)22(27)24-15(3)21-25-19-8-6-7-9-20(19)26(21)14-16-10-12-18(23)13-11-16/h6-13,15,17H,4-5,14H2,1-3H3,(H,24,27). The van der Waals surface area contributed by atoms with Crippen molar-refractivity contribution in [1.29, 1.82) is 0 Å². The summed E-state index contributed by atoms with van der Waals surface area (Å²) >= 11 is 6.02. The first kappa shape index (κ1) is 19.4. The Kier molecular flexibility index (Phi) is 6.17. The van der Waals surface area contributed by atoms with Gasteiger partial charge in [0.2, 0.25) is 5.91 Å². The molecule has 3 aromatic rings. The number of halogens is 1. The molecule has 0 saturated heterocycles. The predicted octanol–water partition coefficient (Wildman–Crippen LogP) is 5.35. The van der Waals surface area contributed by atoms with E-state index in [2.05, 4.69) is 16.0 Å². The van der Waals surface area contributed by atoms with Crippen molar-refractivity contribution < 1.29 is 4.79 Å². The number of hydrogen-bond donors (Lipinski definition) is 1. The zero-order chi connectivity index (χ0) is 19.4. The van der Waals surface area contributed by atoms with E-state index in [0.717, 1.165) is 40.3 Å². The highest BCUT2D eigenvalue weighted by molar-refractivity contribution is 6.30. The number of para-hydroxylation sites is 2. The van der Waals surface area contributed by atoms with Crippen LogP contribution in [0, 0.1) is 5.92 Å². The van der Waals surface area contributed by atoms with E-state index >= 15 is 0 Å². The lowest BCUT2D eigenvalue weighted by Gasteiger charge is -2.19. The monoisotopic (exact) mass is 383 g/mol. The van der Waals surface area contributed by atoms with Gasteiger partial charge >= 0.3 is 0 Å². The van der Waals surface area contributed by atoms with Crippen molar-refractivity contribution in [2.45, 2.75) is 46.2 Å². The average molecular weight is 384 g/mol. The molecule has 27 heavy (non-hydrogen) atoms. The Labute approximate surface area is 165 Å². The zero-order valence-corrected chi connectivity index (χ0v) is 16.8. The van der Waals surface area contributed by atoms with Gasteiger partial charge in [-0.25, -0.2) is 4.98 Å². The van der Waals surface area contributed by atoms with Gasteiger partial charge in [-0.3, -0.25) is 4.79 Å². The van der Waals surface area contributed by atoms with E-state index in [1.807, 2.05) is 63.2 Å². The van der Waals surface area contributed by atoms with Gasteiger partial charge in [0.05, 0.1) is 17.1 Å². The van der Waals surface area contributed by atoms with E-state index in [1.165, 1.54) is 0 Å². The van der Waals surface area contributed by atoms with Gasteiger partial charge in [0.15, 0.2) is 0 Å². The zero-order valence-electron chi connectivity index (χ0n) is 16.1. The van der Waals surface area contributed by atoms with Crippen LogP contribution >= 0.6 is 11.6 Å². The largest absolute Gasteiger partial charge is 0.346 e. The third-order valence-corrected chi connectivity index (χ3v) is 5.29. The quantitative estimate of drug-likeness (QED) is 0.597. The van der Waals surface area contributed by atoms with Gasteiger partial charge in [0, 0.05) is 17.5 Å². The second-order valence-electron chi connectivity index (χ2n) is 6.92. The molecule has 4 nitrogen and oxygen atoms in total. The molecule has 3 rings (SSSR count). The minimum absolute atomic E-state index is 0.0431. The number of nitrogens with one attached hydrogen (secondary N) is 1. The molecule has 0 saturated carbocycles. The van der Waals surface area contributed by atoms with Crippen molar-refractivity contribution in [2.24, 2.45) is 5.92 Å². The highest BCUT2D eigenvalue weighted by Gasteiger charge is 2.21. The van der Waals surface area contributed by atoms with Gasteiger partial charge in [-0.15, -0.1) is 0 Å². The number of imidazole rings is 1. The molecule has 2 aromatic carbocycles. The summed E-state index contributed by atoms with van der Waals surface area (Å²) in [5, 5.41) is 3.87. The molecular weight excluding hydrogens is 358 g/mol. The molecule has 1 amide bonds. The van der Waals surface area contributed by atoms with E-state index in [-0.39, 0.29) is 17.9 Å². The summed E-state index contributed by atoms with van der Waals surface area (Å²) in [6.07, 6.45) is 1.69. The first-order chi connectivity index (χ1) is 13.0. The highest BCUT2D eigenvalue weighted by Crippen LogP contribution is 2.23. The molecule has 1 aromatic heterocycles. The first-order valence-electron chi connectivity index (χ1n) is 9.53. The Morgan fingerprint density at radius 2 is 1.78 bits per heavy atom. The smallest absolute Gasteiger partial charge is 0.223 e. The molecule has 142 valence electrons. The highest BCUT2D eigenvalue weighted by atomic mass is 35.5. The SMILES string of the molecule is CCC(CC)C(=O)NC(C)c1nc2ccccc2n1Cc1ccc(Cl)cc1. The molecule has 0 aliphatic rings. The van der Waals surface area contributed by atoms with E-state index < -0.39 is 0 Å². The molecule has 0 fully saturated rings. The Bertz CT molecular complexity index is 913. The minimum Gasteiger partial charge on any atom is -0.346 e. The molecular formula is C22H26ClN3O. The molecule has 0 spiro atoms. The van der Waals surface area contributed by atoms with E-state index in [4.69, 9.17) is 16.6 Å². The lowest BCUT2D eigenvalue weighted by Crippen LogP contribution is -2.33. The second-order valence-corrected chi connectivity index (χ2v) is 7.35. The van der Waals surface area contributed by atoms with E-state index in [1.54, 1.807) is 0 Å². The minimum atomic E-state index is -0.169. The normalized spacial score (nSPS) is 12.5. The predicted molar refractivity (Wildman–Crippen MR) is 111 cm³/mol. The van der Waals surface area contributed by atoms with E-state index in [9.17, 15) is 4.79 Å². The third kappa shape index (κ3) is 4.33. The van der Waals surface area contributed by atoms with Crippen molar-refractivity contribution in [3.63, 3.8) is 0 Å². The molecule has 0 radical (unpaired) electrons. The van der Waals surface area contributed by atoms with Gasteiger partial charge in [-0.1, -0.05) is 49.7 Å². The molecule has 1 heterocycles. The fraction of sp³-hybridized carbons (Fsp3) is 0.364. The van der Waals surface area contributed by atoms with Crippen LogP contribution in [0.2, 0.25) is 5.02 Å². The number of nitrogens with zero attached hydrogens (tertiary/aromatic N) is 2. The molecule has 0 aliphatic heterocycles. The topological polar surface area (TPSA) is 46.9 Å². The maximum absolute atomic E-state index is 12.5. The van der Waals surface area contributed by atoms with Crippen molar-refractivity contribution in [3.8, 4) is 0 Å². The number of amides is 1. The van der Waals surface area contributed by atoms with Gasteiger partial charge in [-0.05, 0) is 49.6 Å². The fourth-order valence-electron chi connectivity index (χ4n) is 3.42. The summed E-state index contributed by atoms with van der Waals surface area (Å²) in [4.78, 5) is 17.4. The molecule has 0 aliphatic carbocycles. The van der Waals surface area contributed by atoms with Crippen molar-refractivity contribution >= 4 is 28.5 Å². The van der Waals surface area contributed by atoms with Crippen LogP contribution in [-0.4, -0.2) is 15.5 Å². The first-order valence-corrected chi connectivity index (χ1v) is 9.91. The van der Waals surface area contributed by atoms with Gasteiger partial charge in [-0.2, -0.15) is 0 Å². The van der Waals surface area contributed by atoms with Crippen LogP contribution in [0.5, 0.6) is 0 Å². The summed E-state index contributed by atoms with van der Waals surface area (Å²) in [7, 11) is 0. The van der Waals surface area contributed by atoms with Crippen LogP contribution in [0.25, 0.3) is 11.0 Å². The third-order valence-electron chi connectivity index (χ3n) is 5.04. The van der Waals surface area contributed by atoms with Crippen LogP contribution in [0.15, 0.2) is 48.5 Å². The van der Waals surface area contributed by atoms with Crippen LogP contribution in [-0.2, 0) is 11.3 Å². The van der Waals surface area contributed by atoms with Crippen LogP contribution in [0.3, 0.4) is 0 Å². The van der Waals surface area contributed by atoms with Gasteiger partial charge in [0.1, 0.15) is 5.82 Å². The molecule has 0 bridgehead atoms. The second kappa shape index (κ2) is 8.57. The fourth-order valence-corrected chi connectivity index (χ4v) is 3.54. The van der Waals surface area contributed by atoms with Crippen molar-refractivity contribution in [1.82, 2.24) is 14.9 Å². The van der Waals surface area contributed by atoms with Gasteiger partial charge < -0.3 is 9.88 Å². The molecule has 1 unspecified atom stereocenters. The molecule has 1 N–H and O–H groups in total. The summed E-state index contributed by atoms with van der Waals surface area (Å²) in [5.41, 5.74) is 3.14. The van der Waals surface area contributed by atoms with Crippen molar-refractivity contribution in [3.05, 3.63) is 64.9 Å². The Morgan fingerprint density at radius 1 is 1.11 bits per heavy atom. The maximum atomic E-state index is 12.5. The Morgan fingerprint density at radius 3 is 2.44 bits per heavy atom. The maximum Gasteiger partial charge on any atom is 0.223 e. The number of fused-ring (bicyclic) bond motifs is 1. The van der Waals surface area contributed by atoms with Crippen LogP contribution in [0.1, 0.15) is 51.0 Å². The number of aromatic nitrogens is 2. The number of rotatable bonds is 7. The van der Waals surface area contributed by atoms with Crippen molar-refractivity contribution in [2.75, 3.05) is 0 Å². The lowest BCUT2D eigenvalue weighted by atomic mass is 10.0. The van der Waals surface area contributed by atoms with Crippen LogP contribution < -0.4 is 5.32 Å². The van der Waals surface area contributed by atoms with Crippen LogP contribution in [0.4, 0.5) is 0 Å². The number of carbonyl (C=O) groups excluding carboxylic acids is 1. The summed E-state index contributed by atoms with van der Waals surface area (Å²) < 4.78 is 2.18.